The van der Waals surface area contributed by atoms with Crippen LogP contribution in [0.25, 0.3) is 11.0 Å². The van der Waals surface area contributed by atoms with E-state index in [0.29, 0.717) is 54.7 Å². The summed E-state index contributed by atoms with van der Waals surface area (Å²) in [7, 11) is -3.21. The molecule has 3 aliphatic rings. The summed E-state index contributed by atoms with van der Waals surface area (Å²) >= 11 is 0. The normalized spacial score (nSPS) is 26.9. The number of fused-ring (bicyclic) bond motifs is 3. The molecule has 0 amide bonds. The maximum atomic E-state index is 13.6. The molecule has 0 spiro atoms. The van der Waals surface area contributed by atoms with Crippen LogP contribution in [0.15, 0.2) is 17.1 Å². The monoisotopic (exact) mass is 467 g/mol. The first kappa shape index (κ1) is 21.7. The quantitative estimate of drug-likeness (QED) is 0.726. The van der Waals surface area contributed by atoms with Crippen LogP contribution in [0, 0.1) is 11.8 Å². The molecule has 3 heterocycles. The van der Waals surface area contributed by atoms with Gasteiger partial charge in [-0.05, 0) is 50.0 Å². The van der Waals surface area contributed by atoms with Gasteiger partial charge in [-0.25, -0.2) is 26.5 Å². The second-order valence-electron chi connectivity index (χ2n) is 9.37. The highest BCUT2D eigenvalue weighted by Crippen LogP contribution is 2.50. The van der Waals surface area contributed by atoms with Gasteiger partial charge in [0.2, 0.25) is 16.0 Å². The Morgan fingerprint density at radius 2 is 1.91 bits per heavy atom. The minimum absolute atomic E-state index is 0.00606. The number of aromatic nitrogens is 3. The van der Waals surface area contributed by atoms with Crippen LogP contribution in [-0.4, -0.2) is 52.6 Å². The summed E-state index contributed by atoms with van der Waals surface area (Å²) in [5, 5.41) is 3.68. The molecular formula is C21H27F2N5O3S. The van der Waals surface area contributed by atoms with Gasteiger partial charge in [0.1, 0.15) is 5.65 Å². The van der Waals surface area contributed by atoms with Crippen molar-refractivity contribution < 1.29 is 17.2 Å². The van der Waals surface area contributed by atoms with Crippen molar-refractivity contribution >= 4 is 27.0 Å². The van der Waals surface area contributed by atoms with E-state index < -0.39 is 27.6 Å². The maximum Gasteiger partial charge on any atom is 0.269 e. The Bertz CT molecular complexity index is 1190. The maximum absolute atomic E-state index is 13.6. The van der Waals surface area contributed by atoms with Crippen LogP contribution in [-0.2, 0) is 10.0 Å². The van der Waals surface area contributed by atoms with E-state index >= 15 is 0 Å². The van der Waals surface area contributed by atoms with Crippen LogP contribution in [0.4, 0.5) is 14.7 Å². The number of piperidine rings is 1. The van der Waals surface area contributed by atoms with Crippen LogP contribution in [0.3, 0.4) is 0 Å². The second kappa shape index (κ2) is 8.02. The summed E-state index contributed by atoms with van der Waals surface area (Å²) in [4.78, 5) is 21.9. The Kier molecular flexibility index (Phi) is 5.43. The SMILES string of the molecule is CS(=O)(=O)N1CCC(Nc2ncc3cc(C(F)F)c(=O)n([C@H]4C[C@@H]5CC[C@H]4C5)c3n2)CC1. The van der Waals surface area contributed by atoms with Crippen LogP contribution in [0.2, 0.25) is 0 Å². The first-order chi connectivity index (χ1) is 15.2. The van der Waals surface area contributed by atoms with Crippen LogP contribution < -0.4 is 10.9 Å². The molecule has 11 heteroatoms. The number of hydrogen-bond donors (Lipinski definition) is 1. The van der Waals surface area contributed by atoms with E-state index in [-0.39, 0.29) is 12.1 Å². The van der Waals surface area contributed by atoms with Gasteiger partial charge in [0, 0.05) is 36.8 Å². The van der Waals surface area contributed by atoms with E-state index in [1.807, 2.05) is 0 Å². The molecule has 0 aromatic carbocycles. The molecule has 1 saturated heterocycles. The number of pyridine rings is 1. The molecule has 0 radical (unpaired) electrons. The van der Waals surface area contributed by atoms with Gasteiger partial charge in [-0.3, -0.25) is 9.36 Å². The summed E-state index contributed by atoms with van der Waals surface area (Å²) in [5.74, 6) is 1.19. The topological polar surface area (TPSA) is 97.2 Å². The third-order valence-electron chi connectivity index (χ3n) is 7.32. The Morgan fingerprint density at radius 3 is 2.50 bits per heavy atom. The summed E-state index contributed by atoms with van der Waals surface area (Å²) in [5.41, 5.74) is -0.767. The van der Waals surface area contributed by atoms with E-state index in [1.165, 1.54) is 27.4 Å². The average Bonchev–Trinajstić information content (AvgIpc) is 3.36. The molecule has 3 atom stereocenters. The van der Waals surface area contributed by atoms with Gasteiger partial charge in [-0.1, -0.05) is 6.42 Å². The molecule has 2 bridgehead atoms. The highest BCUT2D eigenvalue weighted by molar-refractivity contribution is 7.88. The number of alkyl halides is 2. The lowest BCUT2D eigenvalue weighted by atomic mass is 9.94. The first-order valence-corrected chi connectivity index (χ1v) is 13.0. The summed E-state index contributed by atoms with van der Waals surface area (Å²) in [6, 6.07) is 1.09. The molecule has 3 fully saturated rings. The van der Waals surface area contributed by atoms with Crippen LogP contribution in [0.5, 0.6) is 0 Å². The lowest BCUT2D eigenvalue weighted by Gasteiger charge is -2.30. The van der Waals surface area contributed by atoms with E-state index in [2.05, 4.69) is 15.3 Å². The molecule has 1 aliphatic heterocycles. The lowest BCUT2D eigenvalue weighted by Crippen LogP contribution is -2.42. The first-order valence-electron chi connectivity index (χ1n) is 11.1. The summed E-state index contributed by atoms with van der Waals surface area (Å²) in [6.07, 6.45) is 5.06. The molecule has 5 rings (SSSR count). The van der Waals surface area contributed by atoms with Crippen molar-refractivity contribution in [1.29, 1.82) is 0 Å². The average molecular weight is 468 g/mol. The van der Waals surface area contributed by atoms with Gasteiger partial charge >= 0.3 is 0 Å². The zero-order valence-corrected chi connectivity index (χ0v) is 18.7. The van der Waals surface area contributed by atoms with Crippen molar-refractivity contribution in [2.75, 3.05) is 24.7 Å². The van der Waals surface area contributed by atoms with E-state index in [1.54, 1.807) is 0 Å². The molecule has 2 aromatic rings. The molecular weight excluding hydrogens is 440 g/mol. The minimum atomic E-state index is -3.21. The zero-order valence-electron chi connectivity index (χ0n) is 17.9. The molecule has 32 heavy (non-hydrogen) atoms. The van der Waals surface area contributed by atoms with Gasteiger partial charge < -0.3 is 5.32 Å². The Balaban J connectivity index is 1.47. The largest absolute Gasteiger partial charge is 0.351 e. The van der Waals surface area contributed by atoms with Gasteiger partial charge in [0.25, 0.3) is 12.0 Å². The van der Waals surface area contributed by atoms with Crippen molar-refractivity contribution in [1.82, 2.24) is 18.8 Å². The highest BCUT2D eigenvalue weighted by atomic mass is 32.2. The fourth-order valence-corrected chi connectivity index (χ4v) is 6.59. The van der Waals surface area contributed by atoms with E-state index in [4.69, 9.17) is 0 Å². The molecule has 0 unspecified atom stereocenters. The fraction of sp³-hybridized carbons (Fsp3) is 0.667. The van der Waals surface area contributed by atoms with Gasteiger partial charge in [-0.15, -0.1) is 0 Å². The van der Waals surface area contributed by atoms with Crippen molar-refractivity contribution in [2.24, 2.45) is 11.8 Å². The number of halogens is 2. The summed E-state index contributed by atoms with van der Waals surface area (Å²) in [6.45, 7) is 0.829. The summed E-state index contributed by atoms with van der Waals surface area (Å²) < 4.78 is 53.6. The molecule has 2 aliphatic carbocycles. The van der Waals surface area contributed by atoms with Crippen LogP contribution >= 0.6 is 0 Å². The predicted molar refractivity (Wildman–Crippen MR) is 116 cm³/mol. The lowest BCUT2D eigenvalue weighted by molar-refractivity contribution is 0.148. The third-order valence-corrected chi connectivity index (χ3v) is 8.63. The molecule has 1 N–H and O–H groups in total. The zero-order chi connectivity index (χ0) is 22.6. The molecule has 2 aromatic heterocycles. The Labute approximate surface area is 185 Å². The van der Waals surface area contributed by atoms with Crippen molar-refractivity contribution in [3.05, 3.63) is 28.2 Å². The second-order valence-corrected chi connectivity index (χ2v) is 11.4. The molecule has 2 saturated carbocycles. The number of sulfonamides is 1. The van der Waals surface area contributed by atoms with Gasteiger partial charge in [0.15, 0.2) is 0 Å². The van der Waals surface area contributed by atoms with Gasteiger partial charge in [0.05, 0.1) is 11.8 Å². The van der Waals surface area contributed by atoms with Crippen molar-refractivity contribution in [3.63, 3.8) is 0 Å². The smallest absolute Gasteiger partial charge is 0.269 e. The predicted octanol–water partition coefficient (Wildman–Crippen LogP) is 2.93. The fourth-order valence-electron chi connectivity index (χ4n) is 5.72. The number of anilines is 1. The Morgan fingerprint density at radius 1 is 1.16 bits per heavy atom. The number of hydrogen-bond acceptors (Lipinski definition) is 6. The van der Waals surface area contributed by atoms with E-state index in [9.17, 15) is 22.0 Å². The number of nitrogens with zero attached hydrogens (tertiary/aromatic N) is 4. The third kappa shape index (κ3) is 3.89. The molecule has 8 nitrogen and oxygen atoms in total. The van der Waals surface area contributed by atoms with Crippen molar-refractivity contribution in [3.8, 4) is 0 Å². The highest BCUT2D eigenvalue weighted by Gasteiger charge is 2.42. The Hall–Kier alpha value is -2.14. The van der Waals surface area contributed by atoms with Crippen molar-refractivity contribution in [2.45, 2.75) is 57.0 Å². The van der Waals surface area contributed by atoms with Gasteiger partial charge in [-0.2, -0.15) is 4.98 Å². The minimum Gasteiger partial charge on any atom is -0.351 e. The van der Waals surface area contributed by atoms with E-state index in [0.717, 1.165) is 25.7 Å². The molecule has 174 valence electrons. The van der Waals surface area contributed by atoms with Crippen LogP contribution in [0.1, 0.15) is 56.6 Å². The number of nitrogens with one attached hydrogen (secondary N) is 1. The standard InChI is InChI=1S/C21H27F2N5O3S/c1-32(30,31)27-6-4-15(5-7-27)25-21-24-11-14-10-16(18(22)23)20(29)28(19(14)26-21)17-9-12-2-3-13(17)8-12/h10-13,15,17-18H,2-9H2,1H3,(H,24,25,26)/t12-,13+,17+/m1/s1. The number of rotatable bonds is 5.